The van der Waals surface area contributed by atoms with Gasteiger partial charge in [0.2, 0.25) is 0 Å². The molecule has 1 aromatic carbocycles. The van der Waals surface area contributed by atoms with Gasteiger partial charge in [0.25, 0.3) is 0 Å². The SMILES string of the molecule is CCOc1ccc(-c2c(N)n[nH]c2-c2nccn2C)cc1. The van der Waals surface area contributed by atoms with Crippen LogP contribution in [0, 0.1) is 0 Å². The van der Waals surface area contributed by atoms with Gasteiger partial charge in [0.15, 0.2) is 11.6 Å². The van der Waals surface area contributed by atoms with Crippen LogP contribution in [-0.2, 0) is 7.05 Å². The van der Waals surface area contributed by atoms with E-state index in [1.54, 1.807) is 6.20 Å². The van der Waals surface area contributed by atoms with Crippen LogP contribution in [0.4, 0.5) is 5.82 Å². The van der Waals surface area contributed by atoms with E-state index in [1.807, 2.05) is 49.0 Å². The number of hydrogen-bond acceptors (Lipinski definition) is 4. The van der Waals surface area contributed by atoms with Gasteiger partial charge in [-0.2, -0.15) is 5.10 Å². The normalized spacial score (nSPS) is 10.8. The number of nitrogens with zero attached hydrogens (tertiary/aromatic N) is 3. The number of imidazole rings is 1. The van der Waals surface area contributed by atoms with E-state index < -0.39 is 0 Å². The standard InChI is InChI=1S/C15H17N5O/c1-3-21-11-6-4-10(5-7-11)12-13(18-19-14(12)16)15-17-8-9-20(15)2/h4-9H,3H2,1-2H3,(H3,16,18,19). The van der Waals surface area contributed by atoms with Crippen molar-refractivity contribution in [2.45, 2.75) is 6.92 Å². The molecule has 0 spiro atoms. The molecule has 6 nitrogen and oxygen atoms in total. The molecule has 0 amide bonds. The minimum atomic E-state index is 0.456. The quantitative estimate of drug-likeness (QED) is 0.770. The first-order valence-corrected chi connectivity index (χ1v) is 6.75. The minimum absolute atomic E-state index is 0.456. The summed E-state index contributed by atoms with van der Waals surface area (Å²) in [4.78, 5) is 4.34. The van der Waals surface area contributed by atoms with Crippen molar-refractivity contribution in [3.63, 3.8) is 0 Å². The molecule has 0 atom stereocenters. The van der Waals surface area contributed by atoms with E-state index in [0.717, 1.165) is 28.4 Å². The van der Waals surface area contributed by atoms with E-state index >= 15 is 0 Å². The van der Waals surface area contributed by atoms with Gasteiger partial charge in [0, 0.05) is 19.4 Å². The summed E-state index contributed by atoms with van der Waals surface area (Å²) in [6.07, 6.45) is 3.63. The van der Waals surface area contributed by atoms with Gasteiger partial charge in [-0.25, -0.2) is 4.98 Å². The molecule has 3 aromatic rings. The van der Waals surface area contributed by atoms with Crippen LogP contribution in [-0.4, -0.2) is 26.4 Å². The van der Waals surface area contributed by atoms with Crippen molar-refractivity contribution in [1.82, 2.24) is 19.7 Å². The summed E-state index contributed by atoms with van der Waals surface area (Å²) in [7, 11) is 1.93. The molecule has 0 saturated carbocycles. The predicted octanol–water partition coefficient (Wildman–Crippen LogP) is 2.46. The first-order chi connectivity index (χ1) is 10.2. The van der Waals surface area contributed by atoms with Crippen LogP contribution >= 0.6 is 0 Å². The fraction of sp³-hybridized carbons (Fsp3) is 0.200. The van der Waals surface area contributed by atoms with Gasteiger partial charge >= 0.3 is 0 Å². The lowest BCUT2D eigenvalue weighted by Crippen LogP contribution is -1.95. The molecule has 0 radical (unpaired) electrons. The number of hydrogen-bond donors (Lipinski definition) is 2. The number of nitrogen functional groups attached to an aromatic ring is 1. The second-order valence-corrected chi connectivity index (χ2v) is 4.68. The molecule has 0 saturated heterocycles. The highest BCUT2D eigenvalue weighted by atomic mass is 16.5. The minimum Gasteiger partial charge on any atom is -0.494 e. The van der Waals surface area contributed by atoms with Crippen LogP contribution in [0.5, 0.6) is 5.75 Å². The van der Waals surface area contributed by atoms with Crippen molar-refractivity contribution in [2.24, 2.45) is 7.05 Å². The number of aromatic amines is 1. The molecule has 0 fully saturated rings. The molecule has 2 heterocycles. The molecule has 2 aromatic heterocycles. The number of aryl methyl sites for hydroxylation is 1. The number of ether oxygens (including phenoxy) is 1. The van der Waals surface area contributed by atoms with E-state index in [-0.39, 0.29) is 0 Å². The Hall–Kier alpha value is -2.76. The maximum Gasteiger partial charge on any atom is 0.158 e. The second-order valence-electron chi connectivity index (χ2n) is 4.68. The Morgan fingerprint density at radius 3 is 2.67 bits per heavy atom. The van der Waals surface area contributed by atoms with Gasteiger partial charge in [-0.05, 0) is 24.6 Å². The molecule has 6 heteroatoms. The van der Waals surface area contributed by atoms with Gasteiger partial charge in [0.05, 0.1) is 12.2 Å². The Balaban J connectivity index is 2.06. The number of rotatable bonds is 4. The monoisotopic (exact) mass is 283 g/mol. The molecule has 0 aliphatic rings. The van der Waals surface area contributed by atoms with Crippen molar-refractivity contribution in [2.75, 3.05) is 12.3 Å². The van der Waals surface area contributed by atoms with Crippen LogP contribution in [0.1, 0.15) is 6.92 Å². The Kier molecular flexibility index (Phi) is 3.35. The smallest absolute Gasteiger partial charge is 0.158 e. The lowest BCUT2D eigenvalue weighted by Gasteiger charge is -2.07. The highest BCUT2D eigenvalue weighted by molar-refractivity contribution is 5.86. The van der Waals surface area contributed by atoms with Gasteiger partial charge < -0.3 is 15.0 Å². The van der Waals surface area contributed by atoms with E-state index in [2.05, 4.69) is 15.2 Å². The van der Waals surface area contributed by atoms with E-state index in [1.165, 1.54) is 0 Å². The third-order valence-electron chi connectivity index (χ3n) is 3.29. The lowest BCUT2D eigenvalue weighted by atomic mass is 10.0. The van der Waals surface area contributed by atoms with Crippen LogP contribution in [0.3, 0.4) is 0 Å². The third-order valence-corrected chi connectivity index (χ3v) is 3.29. The van der Waals surface area contributed by atoms with E-state index in [0.29, 0.717) is 12.4 Å². The number of benzene rings is 1. The maximum atomic E-state index is 6.02. The van der Waals surface area contributed by atoms with Crippen LogP contribution < -0.4 is 10.5 Å². The third kappa shape index (κ3) is 2.35. The molecular weight excluding hydrogens is 266 g/mol. The molecule has 0 unspecified atom stereocenters. The summed E-state index contributed by atoms with van der Waals surface area (Å²) in [5.74, 6) is 2.09. The highest BCUT2D eigenvalue weighted by Gasteiger charge is 2.17. The van der Waals surface area contributed by atoms with Gasteiger partial charge in [0.1, 0.15) is 11.4 Å². The zero-order valence-electron chi connectivity index (χ0n) is 12.0. The number of H-pyrrole nitrogens is 1. The molecule has 108 valence electrons. The molecule has 3 N–H and O–H groups in total. The molecule has 0 aliphatic carbocycles. The summed E-state index contributed by atoms with van der Waals surface area (Å²) in [6, 6.07) is 7.79. The Morgan fingerprint density at radius 2 is 2.05 bits per heavy atom. The van der Waals surface area contributed by atoms with Gasteiger partial charge in [-0.15, -0.1) is 0 Å². The zero-order valence-corrected chi connectivity index (χ0v) is 12.0. The number of nitrogens with two attached hydrogens (primary N) is 1. The summed E-state index contributed by atoms with van der Waals surface area (Å²) >= 11 is 0. The van der Waals surface area contributed by atoms with Crippen LogP contribution in [0.25, 0.3) is 22.6 Å². The van der Waals surface area contributed by atoms with Crippen molar-refractivity contribution < 1.29 is 4.74 Å². The summed E-state index contributed by atoms with van der Waals surface area (Å²) in [6.45, 7) is 2.60. The second kappa shape index (κ2) is 5.32. The lowest BCUT2D eigenvalue weighted by molar-refractivity contribution is 0.340. The Bertz CT molecular complexity index is 742. The maximum absolute atomic E-state index is 6.02. The zero-order chi connectivity index (χ0) is 14.8. The number of aromatic nitrogens is 4. The van der Waals surface area contributed by atoms with Crippen molar-refractivity contribution in [1.29, 1.82) is 0 Å². The fourth-order valence-corrected chi connectivity index (χ4v) is 2.30. The first-order valence-electron chi connectivity index (χ1n) is 6.75. The molecule has 0 bridgehead atoms. The molecule has 21 heavy (non-hydrogen) atoms. The highest BCUT2D eigenvalue weighted by Crippen LogP contribution is 2.34. The van der Waals surface area contributed by atoms with Crippen LogP contribution in [0.15, 0.2) is 36.7 Å². The molecular formula is C15H17N5O. The Labute approximate surface area is 122 Å². The van der Waals surface area contributed by atoms with Crippen molar-refractivity contribution in [3.8, 4) is 28.4 Å². The molecule has 0 aliphatic heterocycles. The number of anilines is 1. The topological polar surface area (TPSA) is 81.8 Å². The van der Waals surface area contributed by atoms with Crippen LogP contribution in [0.2, 0.25) is 0 Å². The fourth-order valence-electron chi connectivity index (χ4n) is 2.30. The number of nitrogens with one attached hydrogen (secondary N) is 1. The summed E-state index contributed by atoms with van der Waals surface area (Å²) in [5, 5.41) is 7.08. The van der Waals surface area contributed by atoms with E-state index in [4.69, 9.17) is 10.5 Å². The predicted molar refractivity (Wildman–Crippen MR) is 81.8 cm³/mol. The summed E-state index contributed by atoms with van der Waals surface area (Å²) in [5.41, 5.74) is 8.65. The summed E-state index contributed by atoms with van der Waals surface area (Å²) < 4.78 is 7.38. The average molecular weight is 283 g/mol. The first kappa shape index (κ1) is 13.2. The largest absolute Gasteiger partial charge is 0.494 e. The van der Waals surface area contributed by atoms with Gasteiger partial charge in [-0.3, -0.25) is 5.10 Å². The van der Waals surface area contributed by atoms with Crippen molar-refractivity contribution >= 4 is 5.82 Å². The van der Waals surface area contributed by atoms with Gasteiger partial charge in [-0.1, -0.05) is 12.1 Å². The Morgan fingerprint density at radius 1 is 1.29 bits per heavy atom. The average Bonchev–Trinajstić information content (AvgIpc) is 3.06. The van der Waals surface area contributed by atoms with E-state index in [9.17, 15) is 0 Å². The van der Waals surface area contributed by atoms with Crippen molar-refractivity contribution in [3.05, 3.63) is 36.7 Å². The molecule has 3 rings (SSSR count).